The Morgan fingerprint density at radius 2 is 1.59 bits per heavy atom. The topological polar surface area (TPSA) is 146 Å². The number of nitrogens with zero attached hydrogens (tertiary/aromatic N) is 1. The minimum atomic E-state index is -0.769. The average Bonchev–Trinajstić information content (AvgIpc) is 3.06. The molecule has 44 heavy (non-hydrogen) atoms. The number of aliphatic hydroxyl groups excluding tert-OH is 1. The van der Waals surface area contributed by atoms with Gasteiger partial charge >= 0.3 is 5.97 Å². The highest BCUT2D eigenvalue weighted by Gasteiger charge is 2.13. The summed E-state index contributed by atoms with van der Waals surface area (Å²) < 4.78 is 9.57. The fourth-order valence-corrected chi connectivity index (χ4v) is 4.02. The Bertz CT molecular complexity index is 1110. The van der Waals surface area contributed by atoms with Crippen LogP contribution in [-0.2, 0) is 30.5 Å². The molecule has 1 fully saturated rings. The molecule has 2 aromatic rings. The molecule has 11 heteroatoms. The van der Waals surface area contributed by atoms with Gasteiger partial charge in [-0.1, -0.05) is 55.0 Å². The summed E-state index contributed by atoms with van der Waals surface area (Å²) in [6.45, 7) is 6.68. The molecule has 0 spiro atoms. The van der Waals surface area contributed by atoms with E-state index >= 15 is 0 Å². The summed E-state index contributed by atoms with van der Waals surface area (Å²) in [5.74, 6) is -0.251. The fraction of sp³-hybridized carbons (Fsp3) is 0.515. The van der Waals surface area contributed by atoms with Crippen LogP contribution in [0.3, 0.4) is 0 Å². The summed E-state index contributed by atoms with van der Waals surface area (Å²) in [4.78, 5) is 47.1. The molecule has 0 aromatic heterocycles. The molecule has 3 rings (SSSR count). The van der Waals surface area contributed by atoms with E-state index in [1.165, 1.54) is 31.9 Å². The normalized spacial score (nSPS) is 12.7. The highest BCUT2D eigenvalue weighted by molar-refractivity contribution is 5.86. The number of ether oxygens (including phenoxy) is 2. The van der Waals surface area contributed by atoms with Gasteiger partial charge in [-0.25, -0.2) is 0 Å². The van der Waals surface area contributed by atoms with Crippen LogP contribution in [0.4, 0.5) is 0 Å². The number of carbonyl (C=O) groups is 4. The van der Waals surface area contributed by atoms with Gasteiger partial charge in [0.15, 0.2) is 0 Å². The second kappa shape index (κ2) is 23.5. The van der Waals surface area contributed by atoms with Crippen molar-refractivity contribution in [2.24, 2.45) is 0 Å². The number of esters is 1. The molecule has 1 unspecified atom stereocenters. The maximum atomic E-state index is 11.6. The molecule has 1 aliphatic heterocycles. The van der Waals surface area contributed by atoms with Gasteiger partial charge < -0.3 is 35.4 Å². The molecule has 0 bridgehead atoms. The van der Waals surface area contributed by atoms with Crippen molar-refractivity contribution in [1.29, 1.82) is 0 Å². The van der Waals surface area contributed by atoms with Crippen molar-refractivity contribution in [2.75, 3.05) is 46.9 Å². The number of benzene rings is 2. The van der Waals surface area contributed by atoms with Crippen molar-refractivity contribution < 1.29 is 33.8 Å². The van der Waals surface area contributed by atoms with Crippen LogP contribution < -0.4 is 20.7 Å². The molecule has 11 nitrogen and oxygen atoms in total. The third-order valence-corrected chi connectivity index (χ3v) is 6.56. The van der Waals surface area contributed by atoms with Gasteiger partial charge in [-0.05, 0) is 43.9 Å². The number of carbonyl (C=O) groups excluding carboxylic acids is 4. The molecule has 2 aromatic carbocycles. The lowest BCUT2D eigenvalue weighted by Crippen LogP contribution is -2.42. The minimum Gasteiger partial charge on any atom is -0.497 e. The van der Waals surface area contributed by atoms with E-state index in [0.29, 0.717) is 25.4 Å². The molecule has 1 atom stereocenters. The molecule has 0 saturated carbocycles. The smallest absolute Gasteiger partial charge is 0.306 e. The number of amides is 3. The monoisotopic (exact) mass is 614 g/mol. The number of aliphatic hydroxyl groups is 1. The zero-order chi connectivity index (χ0) is 32.6. The molecule has 0 aliphatic carbocycles. The van der Waals surface area contributed by atoms with Gasteiger partial charge in [-0.15, -0.1) is 0 Å². The van der Waals surface area contributed by atoms with Gasteiger partial charge in [0.05, 0.1) is 33.3 Å². The Kier molecular flexibility index (Phi) is 20.3. The molecule has 4 N–H and O–H groups in total. The van der Waals surface area contributed by atoms with Gasteiger partial charge in [0.1, 0.15) is 5.75 Å². The first-order valence-electron chi connectivity index (χ1n) is 15.1. The van der Waals surface area contributed by atoms with E-state index in [2.05, 4.69) is 39.7 Å². The first-order chi connectivity index (χ1) is 21.2. The van der Waals surface area contributed by atoms with Gasteiger partial charge in [-0.3, -0.25) is 19.2 Å². The van der Waals surface area contributed by atoms with Crippen molar-refractivity contribution in [1.82, 2.24) is 20.9 Å². The number of rotatable bonds is 13. The van der Waals surface area contributed by atoms with Crippen molar-refractivity contribution in [3.63, 3.8) is 0 Å². The summed E-state index contributed by atoms with van der Waals surface area (Å²) >= 11 is 0. The number of likely N-dealkylation sites (tertiary alicyclic amines) is 1. The molecule has 244 valence electrons. The Balaban J connectivity index is 0.000000456. The van der Waals surface area contributed by atoms with E-state index < -0.39 is 23.9 Å². The number of methoxy groups -OCH3 is 2. The largest absolute Gasteiger partial charge is 0.497 e. The Labute approximate surface area is 261 Å². The summed E-state index contributed by atoms with van der Waals surface area (Å²) in [6, 6.07) is 17.8. The number of nitrogens with one attached hydrogen (secondary N) is 3. The Morgan fingerprint density at radius 3 is 2.18 bits per heavy atom. The number of aryl methyl sites for hydroxylation is 1. The van der Waals surface area contributed by atoms with Crippen molar-refractivity contribution in [2.45, 2.75) is 65.0 Å². The maximum Gasteiger partial charge on any atom is 0.306 e. The molecule has 1 heterocycles. The minimum absolute atomic E-state index is 0.0401. The van der Waals surface area contributed by atoms with E-state index in [1.807, 2.05) is 54.3 Å². The van der Waals surface area contributed by atoms with Crippen LogP contribution in [-0.4, -0.2) is 86.7 Å². The highest BCUT2D eigenvalue weighted by Crippen LogP contribution is 2.12. The maximum absolute atomic E-state index is 11.6. The lowest BCUT2D eigenvalue weighted by molar-refractivity contribution is -0.142. The lowest BCUT2D eigenvalue weighted by atomic mass is 10.1. The Morgan fingerprint density at radius 1 is 0.886 bits per heavy atom. The van der Waals surface area contributed by atoms with Crippen LogP contribution in [0.1, 0.15) is 56.6 Å². The number of hydrogen-bond donors (Lipinski definition) is 4. The highest BCUT2D eigenvalue weighted by atomic mass is 16.5. The first-order valence-corrected chi connectivity index (χ1v) is 15.1. The summed E-state index contributed by atoms with van der Waals surface area (Å²) in [7, 11) is 2.84. The second-order valence-electron chi connectivity index (χ2n) is 10.2. The van der Waals surface area contributed by atoms with E-state index in [4.69, 9.17) is 4.74 Å². The van der Waals surface area contributed by atoms with Crippen LogP contribution >= 0.6 is 0 Å². The molecular weight excluding hydrogens is 564 g/mol. The standard InChI is InChI=1S/C18H27N3O6.C8H15NO.C7H8/c1-26-15-5-3-4-13(8-15)9-19-10-14(22)11-20-17(24)12-21-16(23)6-7-18(25)27-2;1-2-8(10)9-6-4-3-5-7-9;1-7-5-3-2-4-6-7/h3-5,8,14,19,22H,6-7,9-12H2,1-2H3,(H,20,24)(H,21,23);2-7H2,1H3;2-6H,1H3. The van der Waals surface area contributed by atoms with Gasteiger partial charge in [0.2, 0.25) is 17.7 Å². The van der Waals surface area contributed by atoms with E-state index in [-0.39, 0.29) is 25.9 Å². The second-order valence-corrected chi connectivity index (χ2v) is 10.2. The fourth-order valence-electron chi connectivity index (χ4n) is 4.02. The predicted octanol–water partition coefficient (Wildman–Crippen LogP) is 2.74. The molecule has 3 amide bonds. The zero-order valence-corrected chi connectivity index (χ0v) is 26.6. The van der Waals surface area contributed by atoms with Crippen molar-refractivity contribution >= 4 is 23.7 Å². The average molecular weight is 615 g/mol. The lowest BCUT2D eigenvalue weighted by Gasteiger charge is -2.26. The number of piperidine rings is 1. The SMILES string of the molecule is CCC(=O)N1CCCCC1.COC(=O)CCC(=O)NCC(=O)NCC(O)CNCc1cccc(OC)c1.Cc1ccccc1. The zero-order valence-electron chi connectivity index (χ0n) is 26.6. The summed E-state index contributed by atoms with van der Waals surface area (Å²) in [5.41, 5.74) is 2.34. The van der Waals surface area contributed by atoms with E-state index in [1.54, 1.807) is 7.11 Å². The molecular formula is C33H50N4O7. The van der Waals surface area contributed by atoms with Crippen LogP contribution in [0.15, 0.2) is 54.6 Å². The molecule has 1 saturated heterocycles. The molecule has 1 aliphatic rings. The van der Waals surface area contributed by atoms with Crippen LogP contribution in [0.5, 0.6) is 5.75 Å². The van der Waals surface area contributed by atoms with Crippen LogP contribution in [0, 0.1) is 6.92 Å². The first kappa shape index (κ1) is 38.1. The predicted molar refractivity (Wildman–Crippen MR) is 170 cm³/mol. The van der Waals surface area contributed by atoms with Gasteiger partial charge in [0.25, 0.3) is 0 Å². The Hall–Kier alpha value is -3.96. The van der Waals surface area contributed by atoms with Crippen LogP contribution in [0.25, 0.3) is 0 Å². The van der Waals surface area contributed by atoms with Crippen molar-refractivity contribution in [3.8, 4) is 5.75 Å². The third kappa shape index (κ3) is 18.6. The van der Waals surface area contributed by atoms with Gasteiger partial charge in [0, 0.05) is 45.6 Å². The summed E-state index contributed by atoms with van der Waals surface area (Å²) in [5, 5.41) is 17.9. The van der Waals surface area contributed by atoms with Crippen molar-refractivity contribution in [3.05, 3.63) is 65.7 Å². The quantitative estimate of drug-likeness (QED) is 0.252. The van der Waals surface area contributed by atoms with E-state index in [9.17, 15) is 24.3 Å². The van der Waals surface area contributed by atoms with E-state index in [0.717, 1.165) is 24.4 Å². The molecule has 0 radical (unpaired) electrons. The van der Waals surface area contributed by atoms with Gasteiger partial charge in [-0.2, -0.15) is 0 Å². The van der Waals surface area contributed by atoms with Crippen LogP contribution in [0.2, 0.25) is 0 Å². The number of hydrogen-bond acceptors (Lipinski definition) is 8. The summed E-state index contributed by atoms with van der Waals surface area (Å²) in [6.07, 6.45) is 3.51. The third-order valence-electron chi connectivity index (χ3n) is 6.56.